The monoisotopic (exact) mass is 227 g/mol. The average molecular weight is 227 g/mol. The van der Waals surface area contributed by atoms with E-state index in [1.165, 1.54) is 6.42 Å². The molecular formula is C14H17N3. The number of para-hydroxylation sites is 1. The zero-order valence-corrected chi connectivity index (χ0v) is 10.1. The molecule has 0 spiro atoms. The first-order chi connectivity index (χ1) is 8.25. The molecule has 1 heterocycles. The lowest BCUT2D eigenvalue weighted by molar-refractivity contribution is 0.238. The number of benzene rings is 1. The van der Waals surface area contributed by atoms with Gasteiger partial charge < -0.3 is 5.73 Å². The number of nitrogens with zero attached hydrogens (tertiary/aromatic N) is 2. The highest BCUT2D eigenvalue weighted by Gasteiger charge is 2.40. The zero-order chi connectivity index (χ0) is 11.9. The van der Waals surface area contributed by atoms with E-state index < -0.39 is 0 Å². The smallest absolute Gasteiger partial charge is 0.136 e. The predicted octanol–water partition coefficient (Wildman–Crippen LogP) is 2.32. The van der Waals surface area contributed by atoms with Gasteiger partial charge in [0.05, 0.1) is 5.52 Å². The van der Waals surface area contributed by atoms with Crippen LogP contribution in [0.4, 0.5) is 0 Å². The molecule has 0 saturated heterocycles. The van der Waals surface area contributed by atoms with Crippen LogP contribution in [0, 0.1) is 6.92 Å². The minimum atomic E-state index is 0.0504. The van der Waals surface area contributed by atoms with Gasteiger partial charge in [-0.3, -0.25) is 0 Å². The van der Waals surface area contributed by atoms with Crippen LogP contribution in [0.2, 0.25) is 0 Å². The lowest BCUT2D eigenvalue weighted by Crippen LogP contribution is -2.43. The number of hydrogen-bond acceptors (Lipinski definition) is 3. The van der Waals surface area contributed by atoms with Crippen molar-refractivity contribution in [3.8, 4) is 0 Å². The first kappa shape index (κ1) is 10.7. The van der Waals surface area contributed by atoms with Crippen molar-refractivity contribution in [2.24, 2.45) is 5.73 Å². The van der Waals surface area contributed by atoms with E-state index in [1.807, 2.05) is 12.1 Å². The number of aromatic nitrogens is 2. The average Bonchev–Trinajstić information content (AvgIpc) is 2.28. The minimum Gasteiger partial charge on any atom is -0.329 e. The van der Waals surface area contributed by atoms with Crippen LogP contribution in [0.5, 0.6) is 0 Å². The fourth-order valence-corrected chi connectivity index (χ4v) is 2.59. The lowest BCUT2D eigenvalue weighted by Gasteiger charge is -2.39. The third kappa shape index (κ3) is 1.53. The van der Waals surface area contributed by atoms with Crippen LogP contribution < -0.4 is 5.73 Å². The van der Waals surface area contributed by atoms with Crippen molar-refractivity contribution in [3.63, 3.8) is 0 Å². The van der Waals surface area contributed by atoms with Gasteiger partial charge in [0.2, 0.25) is 0 Å². The largest absolute Gasteiger partial charge is 0.329 e. The lowest BCUT2D eigenvalue weighted by atomic mass is 9.68. The van der Waals surface area contributed by atoms with E-state index in [4.69, 9.17) is 10.7 Å². The van der Waals surface area contributed by atoms with E-state index in [0.717, 1.165) is 35.3 Å². The second-order valence-corrected chi connectivity index (χ2v) is 4.99. The molecule has 3 rings (SSSR count). The fourth-order valence-electron chi connectivity index (χ4n) is 2.59. The van der Waals surface area contributed by atoms with Gasteiger partial charge in [0.1, 0.15) is 5.82 Å². The van der Waals surface area contributed by atoms with Gasteiger partial charge in [-0.2, -0.15) is 0 Å². The molecule has 1 aromatic heterocycles. The standard InChI is InChI=1S/C14H17N3/c1-10-11-5-2-3-6-12(11)17-13(16-10)14(9-15)7-4-8-14/h2-3,5-6H,4,7-9,15H2,1H3. The Morgan fingerprint density at radius 1 is 1.24 bits per heavy atom. The molecule has 1 aromatic carbocycles. The number of rotatable bonds is 2. The molecule has 0 radical (unpaired) electrons. The van der Waals surface area contributed by atoms with Gasteiger partial charge in [0.15, 0.2) is 0 Å². The molecule has 1 fully saturated rings. The SMILES string of the molecule is Cc1nc(C2(CN)CCC2)nc2ccccc12. The highest BCUT2D eigenvalue weighted by Crippen LogP contribution is 2.41. The van der Waals surface area contributed by atoms with Crippen molar-refractivity contribution >= 4 is 10.9 Å². The molecule has 1 saturated carbocycles. The summed E-state index contributed by atoms with van der Waals surface area (Å²) in [6, 6.07) is 8.18. The van der Waals surface area contributed by atoms with Crippen molar-refractivity contribution in [1.29, 1.82) is 0 Å². The molecule has 0 amide bonds. The van der Waals surface area contributed by atoms with Gasteiger partial charge in [-0.1, -0.05) is 24.6 Å². The van der Waals surface area contributed by atoms with E-state index in [1.54, 1.807) is 0 Å². The van der Waals surface area contributed by atoms with Crippen LogP contribution in [0.1, 0.15) is 30.8 Å². The molecule has 0 aliphatic heterocycles. The Morgan fingerprint density at radius 3 is 2.65 bits per heavy atom. The van der Waals surface area contributed by atoms with Crippen molar-refractivity contribution in [2.75, 3.05) is 6.54 Å². The Kier molecular flexibility index (Phi) is 2.37. The molecule has 0 bridgehead atoms. The van der Waals surface area contributed by atoms with E-state index in [9.17, 15) is 0 Å². The van der Waals surface area contributed by atoms with Crippen LogP contribution in [-0.4, -0.2) is 16.5 Å². The summed E-state index contributed by atoms with van der Waals surface area (Å²) in [6.45, 7) is 2.71. The van der Waals surface area contributed by atoms with E-state index >= 15 is 0 Å². The van der Waals surface area contributed by atoms with Gasteiger partial charge in [-0.25, -0.2) is 9.97 Å². The first-order valence-corrected chi connectivity index (χ1v) is 6.19. The minimum absolute atomic E-state index is 0.0504. The summed E-state index contributed by atoms with van der Waals surface area (Å²) >= 11 is 0. The topological polar surface area (TPSA) is 51.8 Å². The number of aryl methyl sites for hydroxylation is 1. The number of nitrogens with two attached hydrogens (primary N) is 1. The zero-order valence-electron chi connectivity index (χ0n) is 10.1. The van der Waals surface area contributed by atoms with Crippen LogP contribution in [0.25, 0.3) is 10.9 Å². The second-order valence-electron chi connectivity index (χ2n) is 4.99. The molecule has 3 heteroatoms. The summed E-state index contributed by atoms with van der Waals surface area (Å²) in [4.78, 5) is 9.39. The maximum absolute atomic E-state index is 5.91. The fraction of sp³-hybridized carbons (Fsp3) is 0.429. The molecular weight excluding hydrogens is 210 g/mol. The summed E-state index contributed by atoms with van der Waals surface area (Å²) in [5.41, 5.74) is 8.06. The summed E-state index contributed by atoms with van der Waals surface area (Å²) in [5.74, 6) is 0.947. The van der Waals surface area contributed by atoms with Crippen molar-refractivity contribution in [3.05, 3.63) is 35.8 Å². The highest BCUT2D eigenvalue weighted by atomic mass is 14.9. The first-order valence-electron chi connectivity index (χ1n) is 6.19. The molecule has 3 nitrogen and oxygen atoms in total. The molecule has 17 heavy (non-hydrogen) atoms. The summed E-state index contributed by atoms with van der Waals surface area (Å²) in [7, 11) is 0. The number of hydrogen-bond donors (Lipinski definition) is 1. The third-order valence-electron chi connectivity index (χ3n) is 3.97. The van der Waals surface area contributed by atoms with Crippen molar-refractivity contribution < 1.29 is 0 Å². The van der Waals surface area contributed by atoms with E-state index in [-0.39, 0.29) is 5.41 Å². The van der Waals surface area contributed by atoms with E-state index in [2.05, 4.69) is 24.0 Å². The predicted molar refractivity (Wildman–Crippen MR) is 68.9 cm³/mol. The quantitative estimate of drug-likeness (QED) is 0.856. The van der Waals surface area contributed by atoms with Gasteiger partial charge in [-0.15, -0.1) is 0 Å². The molecule has 88 valence electrons. The summed E-state index contributed by atoms with van der Waals surface area (Å²) in [5, 5.41) is 1.14. The summed E-state index contributed by atoms with van der Waals surface area (Å²) < 4.78 is 0. The Labute approximate surface area is 101 Å². The molecule has 2 N–H and O–H groups in total. The normalized spacial score (nSPS) is 18.0. The van der Waals surface area contributed by atoms with E-state index in [0.29, 0.717) is 6.54 Å². The van der Waals surface area contributed by atoms with Crippen LogP contribution in [0.15, 0.2) is 24.3 Å². The summed E-state index contributed by atoms with van der Waals surface area (Å²) in [6.07, 6.45) is 3.50. The van der Waals surface area contributed by atoms with Crippen LogP contribution in [0.3, 0.4) is 0 Å². The molecule has 2 aromatic rings. The van der Waals surface area contributed by atoms with Gasteiger partial charge >= 0.3 is 0 Å². The van der Waals surface area contributed by atoms with Gasteiger partial charge in [0.25, 0.3) is 0 Å². The Bertz CT molecular complexity index is 553. The maximum Gasteiger partial charge on any atom is 0.136 e. The maximum atomic E-state index is 5.91. The second kappa shape index (κ2) is 3.77. The number of fused-ring (bicyclic) bond motifs is 1. The van der Waals surface area contributed by atoms with Crippen LogP contribution >= 0.6 is 0 Å². The van der Waals surface area contributed by atoms with Crippen molar-refractivity contribution in [1.82, 2.24) is 9.97 Å². The molecule has 0 unspecified atom stereocenters. The van der Waals surface area contributed by atoms with Gasteiger partial charge in [-0.05, 0) is 25.8 Å². The Balaban J connectivity index is 2.18. The molecule has 1 aliphatic rings. The third-order valence-corrected chi connectivity index (χ3v) is 3.97. The Hall–Kier alpha value is -1.48. The highest BCUT2D eigenvalue weighted by molar-refractivity contribution is 5.80. The van der Waals surface area contributed by atoms with Crippen molar-refractivity contribution in [2.45, 2.75) is 31.6 Å². The van der Waals surface area contributed by atoms with Gasteiger partial charge in [0, 0.05) is 23.0 Å². The molecule has 1 aliphatic carbocycles. The Morgan fingerprint density at radius 2 is 2.00 bits per heavy atom. The molecule has 0 atom stereocenters. The van der Waals surface area contributed by atoms with Crippen LogP contribution in [-0.2, 0) is 5.41 Å².